The SMILES string of the molecule is CCN1C(=O)CC[C@@H]2CN(C(=O)C=Cc3cccc(F)c3)CC[C@@H]21. The minimum absolute atomic E-state index is 0.0438. The van der Waals surface area contributed by atoms with Crippen LogP contribution in [0.1, 0.15) is 31.7 Å². The number of hydrogen-bond donors (Lipinski definition) is 0. The summed E-state index contributed by atoms with van der Waals surface area (Å²) in [6.07, 6.45) is 5.44. The molecule has 128 valence electrons. The van der Waals surface area contributed by atoms with E-state index in [1.807, 2.05) is 16.7 Å². The lowest BCUT2D eigenvalue weighted by Gasteiger charge is -2.46. The monoisotopic (exact) mass is 330 g/mol. The quantitative estimate of drug-likeness (QED) is 0.800. The highest BCUT2D eigenvalue weighted by Gasteiger charge is 2.39. The van der Waals surface area contributed by atoms with Gasteiger partial charge in [-0.25, -0.2) is 4.39 Å². The van der Waals surface area contributed by atoms with Crippen molar-refractivity contribution in [2.24, 2.45) is 5.92 Å². The van der Waals surface area contributed by atoms with Gasteiger partial charge >= 0.3 is 0 Å². The van der Waals surface area contributed by atoms with E-state index in [9.17, 15) is 14.0 Å². The van der Waals surface area contributed by atoms with Crippen LogP contribution >= 0.6 is 0 Å². The summed E-state index contributed by atoms with van der Waals surface area (Å²) >= 11 is 0. The van der Waals surface area contributed by atoms with Crippen molar-refractivity contribution in [2.45, 2.75) is 32.2 Å². The number of rotatable bonds is 3. The minimum atomic E-state index is -0.308. The second-order valence-electron chi connectivity index (χ2n) is 6.51. The normalized spacial score (nSPS) is 24.3. The molecule has 0 unspecified atom stereocenters. The van der Waals surface area contributed by atoms with Gasteiger partial charge in [-0.3, -0.25) is 9.59 Å². The summed E-state index contributed by atoms with van der Waals surface area (Å²) < 4.78 is 13.2. The molecule has 0 spiro atoms. The molecule has 2 atom stereocenters. The summed E-state index contributed by atoms with van der Waals surface area (Å²) in [6.45, 7) is 4.12. The Morgan fingerprint density at radius 2 is 2.21 bits per heavy atom. The van der Waals surface area contributed by atoms with Crippen LogP contribution in [0.5, 0.6) is 0 Å². The molecule has 0 aliphatic carbocycles. The first-order valence-electron chi connectivity index (χ1n) is 8.60. The molecule has 4 nitrogen and oxygen atoms in total. The average molecular weight is 330 g/mol. The molecule has 0 radical (unpaired) electrons. The van der Waals surface area contributed by atoms with Crippen LogP contribution in [0.15, 0.2) is 30.3 Å². The number of amides is 2. The van der Waals surface area contributed by atoms with E-state index in [-0.39, 0.29) is 23.7 Å². The van der Waals surface area contributed by atoms with Crippen LogP contribution in [-0.2, 0) is 9.59 Å². The highest BCUT2D eigenvalue weighted by Crippen LogP contribution is 2.31. The first kappa shape index (κ1) is 16.7. The Labute approximate surface area is 141 Å². The molecule has 1 aromatic carbocycles. The lowest BCUT2D eigenvalue weighted by Crippen LogP contribution is -2.56. The maximum Gasteiger partial charge on any atom is 0.246 e. The minimum Gasteiger partial charge on any atom is -0.340 e. The van der Waals surface area contributed by atoms with Gasteiger partial charge in [0.2, 0.25) is 11.8 Å². The molecule has 2 aliphatic heterocycles. The van der Waals surface area contributed by atoms with Crippen LogP contribution in [0.2, 0.25) is 0 Å². The van der Waals surface area contributed by atoms with E-state index < -0.39 is 0 Å². The molecule has 1 aromatic rings. The first-order valence-corrected chi connectivity index (χ1v) is 8.60. The summed E-state index contributed by atoms with van der Waals surface area (Å²) in [5.74, 6) is 0.252. The Balaban J connectivity index is 1.63. The van der Waals surface area contributed by atoms with Gasteiger partial charge in [-0.15, -0.1) is 0 Å². The topological polar surface area (TPSA) is 40.6 Å². The van der Waals surface area contributed by atoms with Gasteiger partial charge in [0.05, 0.1) is 0 Å². The van der Waals surface area contributed by atoms with Crippen molar-refractivity contribution in [2.75, 3.05) is 19.6 Å². The highest BCUT2D eigenvalue weighted by molar-refractivity contribution is 5.92. The van der Waals surface area contributed by atoms with Gasteiger partial charge in [0.15, 0.2) is 0 Å². The number of carbonyl (C=O) groups is 2. The Bertz CT molecular complexity index is 659. The van der Waals surface area contributed by atoms with Crippen LogP contribution in [0.4, 0.5) is 4.39 Å². The number of halogens is 1. The van der Waals surface area contributed by atoms with E-state index in [1.165, 1.54) is 18.2 Å². The maximum absolute atomic E-state index is 13.2. The molecule has 2 heterocycles. The van der Waals surface area contributed by atoms with Crippen molar-refractivity contribution in [1.82, 2.24) is 9.80 Å². The fourth-order valence-electron chi connectivity index (χ4n) is 3.85. The molecular formula is C19H23FN2O2. The molecule has 2 saturated heterocycles. The van der Waals surface area contributed by atoms with Crippen LogP contribution in [0.3, 0.4) is 0 Å². The summed E-state index contributed by atoms with van der Waals surface area (Å²) in [5.41, 5.74) is 0.679. The summed E-state index contributed by atoms with van der Waals surface area (Å²) in [4.78, 5) is 28.2. The fraction of sp³-hybridized carbons (Fsp3) is 0.474. The third kappa shape index (κ3) is 3.50. The second kappa shape index (κ2) is 7.16. The molecule has 2 aliphatic rings. The van der Waals surface area contributed by atoms with Crippen LogP contribution < -0.4 is 0 Å². The van der Waals surface area contributed by atoms with Gasteiger partial charge < -0.3 is 9.80 Å². The molecule has 0 N–H and O–H groups in total. The number of piperidine rings is 2. The number of likely N-dealkylation sites (tertiary alicyclic amines) is 2. The molecule has 24 heavy (non-hydrogen) atoms. The predicted molar refractivity (Wildman–Crippen MR) is 90.5 cm³/mol. The van der Waals surface area contributed by atoms with E-state index in [1.54, 1.807) is 18.2 Å². The van der Waals surface area contributed by atoms with Crippen LogP contribution in [0.25, 0.3) is 6.08 Å². The molecule has 0 aromatic heterocycles. The Kier molecular flexibility index (Phi) is 4.97. The third-order valence-corrected chi connectivity index (χ3v) is 5.06. The van der Waals surface area contributed by atoms with E-state index in [0.717, 1.165) is 19.4 Å². The lowest BCUT2D eigenvalue weighted by atomic mass is 9.83. The Morgan fingerprint density at radius 3 is 2.96 bits per heavy atom. The van der Waals surface area contributed by atoms with Crippen LogP contribution in [-0.4, -0.2) is 47.3 Å². The lowest BCUT2D eigenvalue weighted by molar-refractivity contribution is -0.142. The predicted octanol–water partition coefficient (Wildman–Crippen LogP) is 2.70. The van der Waals surface area contributed by atoms with Crippen molar-refractivity contribution in [3.8, 4) is 0 Å². The van der Waals surface area contributed by atoms with E-state index >= 15 is 0 Å². The standard InChI is InChI=1S/C19H23FN2O2/c1-2-22-17-10-11-21(13-15(17)7-9-19(22)24)18(23)8-6-14-4-3-5-16(20)12-14/h3-6,8,12,15,17H,2,7,9-11,13H2,1H3/t15-,17+/m1/s1. The van der Waals surface area contributed by atoms with E-state index in [4.69, 9.17) is 0 Å². The molecule has 0 saturated carbocycles. The van der Waals surface area contributed by atoms with E-state index in [2.05, 4.69) is 0 Å². The van der Waals surface area contributed by atoms with Gasteiger partial charge in [-0.05, 0) is 49.5 Å². The van der Waals surface area contributed by atoms with E-state index in [0.29, 0.717) is 31.0 Å². The number of hydrogen-bond acceptors (Lipinski definition) is 2. The van der Waals surface area contributed by atoms with Gasteiger partial charge in [0.25, 0.3) is 0 Å². The van der Waals surface area contributed by atoms with Crippen molar-refractivity contribution >= 4 is 17.9 Å². The Hall–Kier alpha value is -2.17. The summed E-state index contributed by atoms with van der Waals surface area (Å²) in [6, 6.07) is 6.46. The second-order valence-corrected chi connectivity index (χ2v) is 6.51. The summed E-state index contributed by atoms with van der Waals surface area (Å²) in [5, 5.41) is 0. The van der Waals surface area contributed by atoms with Gasteiger partial charge in [0.1, 0.15) is 5.82 Å². The molecular weight excluding hydrogens is 307 g/mol. The fourth-order valence-corrected chi connectivity index (χ4v) is 3.85. The van der Waals surface area contributed by atoms with Gasteiger partial charge in [0, 0.05) is 38.2 Å². The number of nitrogens with zero attached hydrogens (tertiary/aromatic N) is 2. The summed E-state index contributed by atoms with van der Waals surface area (Å²) in [7, 11) is 0. The number of benzene rings is 1. The van der Waals surface area contributed by atoms with Crippen molar-refractivity contribution in [3.05, 3.63) is 41.7 Å². The largest absolute Gasteiger partial charge is 0.340 e. The molecule has 0 bridgehead atoms. The number of fused-ring (bicyclic) bond motifs is 1. The molecule has 2 fully saturated rings. The van der Waals surface area contributed by atoms with Crippen molar-refractivity contribution in [1.29, 1.82) is 0 Å². The molecule has 5 heteroatoms. The number of carbonyl (C=O) groups excluding carboxylic acids is 2. The zero-order valence-corrected chi connectivity index (χ0v) is 14.0. The van der Waals surface area contributed by atoms with Gasteiger partial charge in [-0.1, -0.05) is 12.1 Å². The van der Waals surface area contributed by atoms with Gasteiger partial charge in [-0.2, -0.15) is 0 Å². The smallest absolute Gasteiger partial charge is 0.246 e. The first-order chi connectivity index (χ1) is 11.6. The van der Waals surface area contributed by atoms with Crippen LogP contribution in [0, 0.1) is 11.7 Å². The highest BCUT2D eigenvalue weighted by atomic mass is 19.1. The third-order valence-electron chi connectivity index (χ3n) is 5.06. The zero-order valence-electron chi connectivity index (χ0n) is 14.0. The van der Waals surface area contributed by atoms with Crippen molar-refractivity contribution in [3.63, 3.8) is 0 Å². The van der Waals surface area contributed by atoms with Crippen molar-refractivity contribution < 1.29 is 14.0 Å². The molecule has 2 amide bonds. The Morgan fingerprint density at radius 1 is 1.38 bits per heavy atom. The maximum atomic E-state index is 13.2. The molecule has 3 rings (SSSR count). The zero-order chi connectivity index (χ0) is 17.1. The average Bonchev–Trinajstić information content (AvgIpc) is 2.59.